The number of hydrogen-bond acceptors (Lipinski definition) is 5. The zero-order valence-electron chi connectivity index (χ0n) is 12.6. The maximum absolute atomic E-state index is 5.80. The number of nitrogens with one attached hydrogen (secondary N) is 1. The Morgan fingerprint density at radius 3 is 2.62 bits per heavy atom. The van der Waals surface area contributed by atoms with E-state index in [9.17, 15) is 0 Å². The Morgan fingerprint density at radius 1 is 1.19 bits per heavy atom. The molecule has 5 heteroatoms. The van der Waals surface area contributed by atoms with E-state index in [0.29, 0.717) is 0 Å². The lowest BCUT2D eigenvalue weighted by molar-refractivity contribution is 0.387. The second kappa shape index (κ2) is 7.06. The van der Waals surface area contributed by atoms with Crippen molar-refractivity contribution in [2.75, 3.05) is 14.2 Å². The molecule has 112 valence electrons. The van der Waals surface area contributed by atoms with Crippen molar-refractivity contribution in [3.05, 3.63) is 53.3 Å². The van der Waals surface area contributed by atoms with E-state index in [4.69, 9.17) is 15.3 Å². The standard InChI is InChI=1S/C16H21N3O2/c1-4-11-10-18-8-7-13(11)16(19-17)14-6-5-12(20-2)9-15(14)21-3/h5-10,16,19H,4,17H2,1-3H3. The highest BCUT2D eigenvalue weighted by Crippen LogP contribution is 2.33. The molecule has 1 aromatic heterocycles. The second-order valence-electron chi connectivity index (χ2n) is 4.64. The summed E-state index contributed by atoms with van der Waals surface area (Å²) < 4.78 is 10.7. The number of hydrazine groups is 1. The lowest BCUT2D eigenvalue weighted by atomic mass is 9.94. The zero-order valence-corrected chi connectivity index (χ0v) is 12.6. The van der Waals surface area contributed by atoms with Crippen LogP contribution in [0.25, 0.3) is 0 Å². The smallest absolute Gasteiger partial charge is 0.127 e. The number of hydrogen-bond donors (Lipinski definition) is 2. The number of methoxy groups -OCH3 is 2. The van der Waals surface area contributed by atoms with Gasteiger partial charge in [-0.05, 0) is 35.7 Å². The van der Waals surface area contributed by atoms with Crippen LogP contribution in [0.4, 0.5) is 0 Å². The van der Waals surface area contributed by atoms with Crippen molar-refractivity contribution in [3.63, 3.8) is 0 Å². The maximum Gasteiger partial charge on any atom is 0.127 e. The van der Waals surface area contributed by atoms with E-state index >= 15 is 0 Å². The molecule has 0 saturated heterocycles. The number of ether oxygens (including phenoxy) is 2. The summed E-state index contributed by atoms with van der Waals surface area (Å²) in [6.07, 6.45) is 4.53. The molecule has 3 N–H and O–H groups in total. The van der Waals surface area contributed by atoms with E-state index in [0.717, 1.165) is 34.6 Å². The van der Waals surface area contributed by atoms with Gasteiger partial charge in [0.1, 0.15) is 11.5 Å². The molecular weight excluding hydrogens is 266 g/mol. The van der Waals surface area contributed by atoms with Gasteiger partial charge in [0, 0.05) is 24.0 Å². The summed E-state index contributed by atoms with van der Waals surface area (Å²) in [7, 11) is 3.27. The van der Waals surface area contributed by atoms with E-state index in [2.05, 4.69) is 17.3 Å². The van der Waals surface area contributed by atoms with Crippen LogP contribution < -0.4 is 20.7 Å². The third-order valence-electron chi connectivity index (χ3n) is 3.55. The topological polar surface area (TPSA) is 69.4 Å². The highest BCUT2D eigenvalue weighted by Gasteiger charge is 2.19. The van der Waals surface area contributed by atoms with Gasteiger partial charge in [-0.25, -0.2) is 5.43 Å². The van der Waals surface area contributed by atoms with E-state index in [1.807, 2.05) is 30.5 Å². The SMILES string of the molecule is CCc1cnccc1C(NN)c1ccc(OC)cc1OC. The number of rotatable bonds is 6. The van der Waals surface area contributed by atoms with Crippen LogP contribution in [0, 0.1) is 0 Å². The molecule has 0 fully saturated rings. The molecule has 1 heterocycles. The Hall–Kier alpha value is -2.11. The lowest BCUT2D eigenvalue weighted by Crippen LogP contribution is -2.30. The average molecular weight is 287 g/mol. The van der Waals surface area contributed by atoms with Gasteiger partial charge in [-0.2, -0.15) is 0 Å². The fourth-order valence-corrected chi connectivity index (χ4v) is 2.42. The summed E-state index contributed by atoms with van der Waals surface area (Å²) >= 11 is 0. The summed E-state index contributed by atoms with van der Waals surface area (Å²) in [4.78, 5) is 4.18. The number of benzene rings is 1. The molecule has 0 bridgehead atoms. The molecule has 0 aliphatic rings. The summed E-state index contributed by atoms with van der Waals surface area (Å²) in [5, 5.41) is 0. The molecular formula is C16H21N3O2. The molecule has 1 atom stereocenters. The van der Waals surface area contributed by atoms with Crippen LogP contribution in [0.5, 0.6) is 11.5 Å². The molecule has 5 nitrogen and oxygen atoms in total. The minimum absolute atomic E-state index is 0.163. The third kappa shape index (κ3) is 3.15. The lowest BCUT2D eigenvalue weighted by Gasteiger charge is -2.22. The van der Waals surface area contributed by atoms with Crippen molar-refractivity contribution in [2.24, 2.45) is 5.84 Å². The van der Waals surface area contributed by atoms with Gasteiger partial charge in [0.2, 0.25) is 0 Å². The van der Waals surface area contributed by atoms with Gasteiger partial charge in [0.15, 0.2) is 0 Å². The molecule has 21 heavy (non-hydrogen) atoms. The molecule has 0 saturated carbocycles. The van der Waals surface area contributed by atoms with E-state index < -0.39 is 0 Å². The number of aryl methyl sites for hydroxylation is 1. The Bertz CT molecular complexity index is 602. The van der Waals surface area contributed by atoms with Gasteiger partial charge in [-0.1, -0.05) is 6.92 Å². The molecule has 2 rings (SSSR count). The first-order valence-corrected chi connectivity index (χ1v) is 6.86. The van der Waals surface area contributed by atoms with Gasteiger partial charge in [-0.3, -0.25) is 10.8 Å². The Labute approximate surface area is 125 Å². The van der Waals surface area contributed by atoms with Crippen molar-refractivity contribution >= 4 is 0 Å². The summed E-state index contributed by atoms with van der Waals surface area (Å²) in [6, 6.07) is 7.53. The fourth-order valence-electron chi connectivity index (χ4n) is 2.42. The minimum atomic E-state index is -0.163. The normalized spacial score (nSPS) is 12.0. The maximum atomic E-state index is 5.80. The first kappa shape index (κ1) is 15.3. The highest BCUT2D eigenvalue weighted by atomic mass is 16.5. The molecule has 0 aliphatic carbocycles. The number of nitrogens with zero attached hydrogens (tertiary/aromatic N) is 1. The monoisotopic (exact) mass is 287 g/mol. The largest absolute Gasteiger partial charge is 0.497 e. The van der Waals surface area contributed by atoms with Crippen LogP contribution in [0.3, 0.4) is 0 Å². The average Bonchev–Trinajstić information content (AvgIpc) is 2.56. The summed E-state index contributed by atoms with van der Waals surface area (Å²) in [5.74, 6) is 7.28. The number of nitrogens with two attached hydrogens (primary N) is 1. The second-order valence-corrected chi connectivity index (χ2v) is 4.64. The van der Waals surface area contributed by atoms with Crippen LogP contribution >= 0.6 is 0 Å². The quantitative estimate of drug-likeness (QED) is 0.630. The number of pyridine rings is 1. The van der Waals surface area contributed by atoms with Crippen LogP contribution in [-0.2, 0) is 6.42 Å². The van der Waals surface area contributed by atoms with Crippen molar-refractivity contribution < 1.29 is 9.47 Å². The highest BCUT2D eigenvalue weighted by molar-refractivity contribution is 5.47. The van der Waals surface area contributed by atoms with Crippen molar-refractivity contribution in [2.45, 2.75) is 19.4 Å². The predicted octanol–water partition coefficient (Wildman–Crippen LogP) is 2.21. The van der Waals surface area contributed by atoms with Crippen molar-refractivity contribution in [1.29, 1.82) is 0 Å². The van der Waals surface area contributed by atoms with E-state index in [1.54, 1.807) is 20.4 Å². The van der Waals surface area contributed by atoms with Crippen LogP contribution in [0.2, 0.25) is 0 Å². The Kier molecular flexibility index (Phi) is 5.14. The zero-order chi connectivity index (χ0) is 15.2. The predicted molar refractivity (Wildman–Crippen MR) is 82.3 cm³/mol. The molecule has 0 aliphatic heterocycles. The molecule has 0 amide bonds. The van der Waals surface area contributed by atoms with Crippen LogP contribution in [-0.4, -0.2) is 19.2 Å². The van der Waals surface area contributed by atoms with Gasteiger partial charge in [-0.15, -0.1) is 0 Å². The van der Waals surface area contributed by atoms with Crippen molar-refractivity contribution in [1.82, 2.24) is 10.4 Å². The van der Waals surface area contributed by atoms with Gasteiger partial charge in [0.25, 0.3) is 0 Å². The Balaban J connectivity index is 2.51. The van der Waals surface area contributed by atoms with Crippen molar-refractivity contribution in [3.8, 4) is 11.5 Å². The summed E-state index contributed by atoms with van der Waals surface area (Å²) in [6.45, 7) is 2.10. The van der Waals surface area contributed by atoms with Gasteiger partial charge >= 0.3 is 0 Å². The van der Waals surface area contributed by atoms with E-state index in [1.165, 1.54) is 0 Å². The molecule has 1 unspecified atom stereocenters. The first-order chi connectivity index (χ1) is 10.2. The molecule has 0 radical (unpaired) electrons. The summed E-state index contributed by atoms with van der Waals surface area (Å²) in [5.41, 5.74) is 6.08. The third-order valence-corrected chi connectivity index (χ3v) is 3.55. The number of aromatic nitrogens is 1. The molecule has 1 aromatic carbocycles. The fraction of sp³-hybridized carbons (Fsp3) is 0.312. The first-order valence-electron chi connectivity index (χ1n) is 6.86. The molecule has 0 spiro atoms. The van der Waals surface area contributed by atoms with Crippen LogP contribution in [0.1, 0.15) is 29.7 Å². The van der Waals surface area contributed by atoms with Gasteiger partial charge in [0.05, 0.1) is 20.3 Å². The van der Waals surface area contributed by atoms with E-state index in [-0.39, 0.29) is 6.04 Å². The van der Waals surface area contributed by atoms with Crippen LogP contribution in [0.15, 0.2) is 36.7 Å². The Morgan fingerprint density at radius 2 is 2.00 bits per heavy atom. The minimum Gasteiger partial charge on any atom is -0.497 e. The van der Waals surface area contributed by atoms with Gasteiger partial charge < -0.3 is 9.47 Å². The molecule has 2 aromatic rings.